The zero-order valence-corrected chi connectivity index (χ0v) is 18.8. The number of aryl methyl sites for hydroxylation is 1. The summed E-state index contributed by atoms with van der Waals surface area (Å²) in [6, 6.07) is 8.74. The van der Waals surface area contributed by atoms with Gasteiger partial charge in [0.05, 0.1) is 11.6 Å². The average Bonchev–Trinajstić information content (AvgIpc) is 3.43. The summed E-state index contributed by atoms with van der Waals surface area (Å²) in [5, 5.41) is 3.11. The third kappa shape index (κ3) is 2.55. The molecule has 0 bridgehead atoms. The van der Waals surface area contributed by atoms with E-state index < -0.39 is 0 Å². The summed E-state index contributed by atoms with van der Waals surface area (Å²) < 4.78 is 0. The molecular weight excluding hydrogens is 396 g/mol. The van der Waals surface area contributed by atoms with E-state index in [9.17, 15) is 9.59 Å². The van der Waals surface area contributed by atoms with Crippen molar-refractivity contribution < 1.29 is 9.59 Å². The van der Waals surface area contributed by atoms with Gasteiger partial charge in [-0.15, -0.1) is 0 Å². The first-order chi connectivity index (χ1) is 15.5. The van der Waals surface area contributed by atoms with Gasteiger partial charge in [0.2, 0.25) is 0 Å². The standard InChI is InChI=1S/C28H28N2O2/c1-15-8-4-5-9-19(15)24-17(3)27-25(21-14-29-28(32)26(21)24)20-10-6-7-11-22(20)30(27)18-12-16(2)23(31)13-18/h4-11,16,18,20,22H,12-14H2,1-3H3,(H,29,32)/t16-,18+,20?,22?/m1/s1. The van der Waals surface area contributed by atoms with E-state index in [2.05, 4.69) is 73.5 Å². The molecule has 2 aliphatic carbocycles. The third-order valence-electron chi connectivity index (χ3n) is 7.95. The summed E-state index contributed by atoms with van der Waals surface area (Å²) in [7, 11) is 0. The minimum absolute atomic E-state index is 0.0270. The topological polar surface area (TPSA) is 49.4 Å². The Morgan fingerprint density at radius 3 is 2.56 bits per heavy atom. The predicted octanol–water partition coefficient (Wildman–Crippen LogP) is 4.98. The lowest BCUT2D eigenvalue weighted by molar-refractivity contribution is -0.120. The Balaban J connectivity index is 1.66. The number of anilines is 1. The lowest BCUT2D eigenvalue weighted by atomic mass is 9.82. The van der Waals surface area contributed by atoms with Gasteiger partial charge in [0.1, 0.15) is 5.78 Å². The van der Waals surface area contributed by atoms with E-state index in [0.29, 0.717) is 18.7 Å². The summed E-state index contributed by atoms with van der Waals surface area (Å²) in [5.41, 5.74) is 9.02. The Labute approximate surface area is 189 Å². The molecule has 1 amide bonds. The fraction of sp³-hybridized carbons (Fsp3) is 0.357. The normalized spacial score (nSPS) is 27.5. The molecule has 2 aromatic rings. The van der Waals surface area contributed by atoms with Crippen LogP contribution in [-0.4, -0.2) is 23.8 Å². The minimum atomic E-state index is 0.0270. The number of ketones is 1. The lowest BCUT2D eigenvalue weighted by Crippen LogP contribution is -2.40. The highest BCUT2D eigenvalue weighted by Gasteiger charge is 2.47. The molecule has 4 atom stereocenters. The number of nitrogens with one attached hydrogen (secondary N) is 1. The second-order valence-corrected chi connectivity index (χ2v) is 9.77. The summed E-state index contributed by atoms with van der Waals surface area (Å²) in [6.45, 7) is 6.92. The van der Waals surface area contributed by atoms with Crippen molar-refractivity contribution in [2.75, 3.05) is 4.90 Å². The number of fused-ring (bicyclic) bond motifs is 5. The summed E-state index contributed by atoms with van der Waals surface area (Å²) >= 11 is 0. The molecule has 2 unspecified atom stereocenters. The molecule has 2 heterocycles. The van der Waals surface area contributed by atoms with Crippen molar-refractivity contribution in [3.63, 3.8) is 0 Å². The summed E-state index contributed by atoms with van der Waals surface area (Å²) in [6.07, 6.45) is 10.3. The van der Waals surface area contributed by atoms with Gasteiger partial charge in [0.25, 0.3) is 5.91 Å². The van der Waals surface area contributed by atoms with Crippen LogP contribution in [0.2, 0.25) is 0 Å². The van der Waals surface area contributed by atoms with Crippen LogP contribution in [0.3, 0.4) is 0 Å². The predicted molar refractivity (Wildman–Crippen MR) is 127 cm³/mol. The van der Waals surface area contributed by atoms with Gasteiger partial charge in [-0.05, 0) is 48.1 Å². The number of carbonyl (C=O) groups excluding carboxylic acids is 2. The molecule has 4 nitrogen and oxygen atoms in total. The van der Waals surface area contributed by atoms with Crippen LogP contribution >= 0.6 is 0 Å². The maximum Gasteiger partial charge on any atom is 0.252 e. The summed E-state index contributed by atoms with van der Waals surface area (Å²) in [5.74, 6) is 0.718. The fourth-order valence-electron chi connectivity index (χ4n) is 6.48. The second kappa shape index (κ2) is 6.93. The van der Waals surface area contributed by atoms with Crippen LogP contribution in [0.15, 0.2) is 48.6 Å². The van der Waals surface area contributed by atoms with E-state index in [1.165, 1.54) is 16.8 Å². The minimum Gasteiger partial charge on any atom is -0.360 e. The number of nitrogens with zero attached hydrogens (tertiary/aromatic N) is 1. The first-order valence-corrected chi connectivity index (χ1v) is 11.7. The van der Waals surface area contributed by atoms with Crippen LogP contribution in [0.1, 0.15) is 58.3 Å². The van der Waals surface area contributed by atoms with Crippen LogP contribution < -0.4 is 10.2 Å². The molecule has 4 heteroatoms. The second-order valence-electron chi connectivity index (χ2n) is 9.77. The number of hydrogen-bond donors (Lipinski definition) is 1. The number of amides is 1. The fourth-order valence-corrected chi connectivity index (χ4v) is 6.48. The van der Waals surface area contributed by atoms with Crippen LogP contribution in [0, 0.1) is 19.8 Å². The van der Waals surface area contributed by atoms with Gasteiger partial charge >= 0.3 is 0 Å². The largest absolute Gasteiger partial charge is 0.360 e. The molecule has 0 saturated heterocycles. The molecule has 162 valence electrons. The van der Waals surface area contributed by atoms with Crippen LogP contribution in [-0.2, 0) is 11.3 Å². The molecule has 0 aromatic heterocycles. The maximum absolute atomic E-state index is 13.1. The van der Waals surface area contributed by atoms with Gasteiger partial charge in [0, 0.05) is 42.1 Å². The number of allylic oxidation sites excluding steroid dienone is 2. The molecule has 1 N–H and O–H groups in total. The Bertz CT molecular complexity index is 1240. The van der Waals surface area contributed by atoms with Gasteiger partial charge < -0.3 is 10.2 Å². The number of hydrogen-bond acceptors (Lipinski definition) is 3. The van der Waals surface area contributed by atoms with E-state index in [4.69, 9.17) is 0 Å². The Morgan fingerprint density at radius 1 is 1.03 bits per heavy atom. The van der Waals surface area contributed by atoms with E-state index in [-0.39, 0.29) is 29.8 Å². The monoisotopic (exact) mass is 424 g/mol. The molecule has 32 heavy (non-hydrogen) atoms. The van der Waals surface area contributed by atoms with Gasteiger partial charge in [-0.1, -0.05) is 55.5 Å². The van der Waals surface area contributed by atoms with Gasteiger partial charge in [0.15, 0.2) is 0 Å². The Kier molecular flexibility index (Phi) is 4.23. The van der Waals surface area contributed by atoms with Gasteiger partial charge in [-0.25, -0.2) is 0 Å². The van der Waals surface area contributed by atoms with Crippen molar-refractivity contribution in [1.82, 2.24) is 5.32 Å². The number of benzene rings is 2. The van der Waals surface area contributed by atoms with Crippen LogP contribution in [0.25, 0.3) is 11.1 Å². The smallest absolute Gasteiger partial charge is 0.252 e. The van der Waals surface area contributed by atoms with E-state index >= 15 is 0 Å². The molecule has 2 aliphatic heterocycles. The highest BCUT2D eigenvalue weighted by atomic mass is 16.2. The van der Waals surface area contributed by atoms with Crippen molar-refractivity contribution in [1.29, 1.82) is 0 Å². The number of Topliss-reactive ketones (excluding diaryl/α,β-unsaturated/α-hetero) is 1. The zero-order valence-electron chi connectivity index (χ0n) is 18.8. The molecule has 4 aliphatic rings. The molecule has 1 fully saturated rings. The lowest BCUT2D eigenvalue weighted by Gasteiger charge is -2.35. The number of rotatable bonds is 2. The Morgan fingerprint density at radius 2 is 1.81 bits per heavy atom. The van der Waals surface area contributed by atoms with Crippen molar-refractivity contribution in [2.24, 2.45) is 5.92 Å². The summed E-state index contributed by atoms with van der Waals surface area (Å²) in [4.78, 5) is 28.2. The van der Waals surface area contributed by atoms with Crippen molar-refractivity contribution in [2.45, 2.75) is 58.2 Å². The SMILES string of the molecule is Cc1ccccc1-c1c(C)c2c(c3c1C(=O)NC3)C1C=CC=CC1N2[C@@H]1CC(=O)[C@H](C)C1. The van der Waals surface area contributed by atoms with E-state index in [1.54, 1.807) is 0 Å². The average molecular weight is 425 g/mol. The zero-order chi connectivity index (χ0) is 22.1. The molecular formula is C28H28N2O2. The molecule has 0 spiro atoms. The van der Waals surface area contributed by atoms with E-state index in [0.717, 1.165) is 34.2 Å². The first kappa shape index (κ1) is 19.5. The van der Waals surface area contributed by atoms with E-state index in [1.807, 2.05) is 6.07 Å². The maximum atomic E-state index is 13.1. The molecule has 1 saturated carbocycles. The first-order valence-electron chi connectivity index (χ1n) is 11.7. The van der Waals surface area contributed by atoms with Gasteiger partial charge in [-0.2, -0.15) is 0 Å². The molecule has 2 aromatic carbocycles. The van der Waals surface area contributed by atoms with Crippen molar-refractivity contribution >= 4 is 17.4 Å². The highest BCUT2D eigenvalue weighted by Crippen LogP contribution is 2.54. The van der Waals surface area contributed by atoms with Crippen LogP contribution in [0.5, 0.6) is 0 Å². The quantitative estimate of drug-likeness (QED) is 0.740. The molecule has 6 rings (SSSR count). The third-order valence-corrected chi connectivity index (χ3v) is 7.95. The van der Waals surface area contributed by atoms with Crippen molar-refractivity contribution in [3.05, 3.63) is 76.4 Å². The Hall–Kier alpha value is -3.14. The number of carbonyl (C=O) groups is 2. The van der Waals surface area contributed by atoms with Crippen molar-refractivity contribution in [3.8, 4) is 11.1 Å². The van der Waals surface area contributed by atoms with Gasteiger partial charge in [-0.3, -0.25) is 9.59 Å². The molecule has 0 radical (unpaired) electrons. The highest BCUT2D eigenvalue weighted by molar-refractivity contribution is 6.08. The van der Waals surface area contributed by atoms with Crippen LogP contribution in [0.4, 0.5) is 5.69 Å².